The Morgan fingerprint density at radius 2 is 1.69 bits per heavy atom. The summed E-state index contributed by atoms with van der Waals surface area (Å²) >= 11 is 0. The Balaban J connectivity index is 1.72. The SMILES string of the molecule is CCc1ccc(NC(=O)N(Cc2cccn2Cc2ccccc2)CC(C)C)cc1. The molecule has 4 heteroatoms. The molecule has 0 aliphatic carbocycles. The molecule has 0 radical (unpaired) electrons. The molecule has 1 N–H and O–H groups in total. The van der Waals surface area contributed by atoms with E-state index < -0.39 is 0 Å². The number of amides is 2. The van der Waals surface area contributed by atoms with Crippen LogP contribution in [0.5, 0.6) is 0 Å². The van der Waals surface area contributed by atoms with Gasteiger partial charge in [0.15, 0.2) is 0 Å². The largest absolute Gasteiger partial charge is 0.345 e. The molecule has 0 aliphatic heterocycles. The van der Waals surface area contributed by atoms with Gasteiger partial charge in [0.2, 0.25) is 0 Å². The number of aryl methyl sites for hydroxylation is 1. The van der Waals surface area contributed by atoms with Crippen LogP contribution in [0.15, 0.2) is 72.9 Å². The quantitative estimate of drug-likeness (QED) is 0.520. The number of benzene rings is 2. The highest BCUT2D eigenvalue weighted by molar-refractivity contribution is 5.89. The zero-order chi connectivity index (χ0) is 20.6. The molecule has 152 valence electrons. The molecular weight excluding hydrogens is 358 g/mol. The molecule has 0 atom stereocenters. The maximum atomic E-state index is 13.0. The lowest BCUT2D eigenvalue weighted by Gasteiger charge is -2.26. The summed E-state index contributed by atoms with van der Waals surface area (Å²) in [5.41, 5.74) is 4.48. The van der Waals surface area contributed by atoms with Gasteiger partial charge in [-0.25, -0.2) is 4.79 Å². The fourth-order valence-electron chi connectivity index (χ4n) is 3.41. The van der Waals surface area contributed by atoms with Crippen LogP contribution < -0.4 is 5.32 Å². The smallest absolute Gasteiger partial charge is 0.322 e. The predicted molar refractivity (Wildman–Crippen MR) is 120 cm³/mol. The molecule has 2 amide bonds. The molecule has 3 rings (SSSR count). The van der Waals surface area contributed by atoms with Crippen molar-refractivity contribution in [3.63, 3.8) is 0 Å². The highest BCUT2D eigenvalue weighted by atomic mass is 16.2. The minimum absolute atomic E-state index is 0.0598. The van der Waals surface area contributed by atoms with Gasteiger partial charge in [-0.05, 0) is 47.7 Å². The first-order chi connectivity index (χ1) is 14.0. The van der Waals surface area contributed by atoms with Crippen LogP contribution in [0.25, 0.3) is 0 Å². The van der Waals surface area contributed by atoms with Crippen LogP contribution >= 0.6 is 0 Å². The molecule has 3 aromatic rings. The van der Waals surface area contributed by atoms with Gasteiger partial charge >= 0.3 is 6.03 Å². The van der Waals surface area contributed by atoms with E-state index in [9.17, 15) is 4.79 Å². The highest BCUT2D eigenvalue weighted by Gasteiger charge is 2.17. The standard InChI is InChI=1S/C25H31N3O/c1-4-21-12-14-23(15-13-21)26-25(29)28(17-20(2)3)19-24-11-8-16-27(24)18-22-9-6-5-7-10-22/h5-16,20H,4,17-19H2,1-3H3,(H,26,29). The van der Waals surface area contributed by atoms with Crippen molar-refractivity contribution in [1.82, 2.24) is 9.47 Å². The van der Waals surface area contributed by atoms with Crippen molar-refractivity contribution in [2.45, 2.75) is 40.3 Å². The third-order valence-corrected chi connectivity index (χ3v) is 4.96. The number of nitrogens with zero attached hydrogens (tertiary/aromatic N) is 2. The first-order valence-electron chi connectivity index (χ1n) is 10.4. The molecule has 0 saturated heterocycles. The van der Waals surface area contributed by atoms with E-state index in [1.54, 1.807) is 0 Å². The highest BCUT2D eigenvalue weighted by Crippen LogP contribution is 2.15. The molecule has 0 saturated carbocycles. The zero-order valence-electron chi connectivity index (χ0n) is 17.6. The fraction of sp³-hybridized carbons (Fsp3) is 0.320. The summed E-state index contributed by atoms with van der Waals surface area (Å²) in [5, 5.41) is 3.06. The molecule has 0 unspecified atom stereocenters. The molecule has 4 nitrogen and oxygen atoms in total. The second-order valence-corrected chi connectivity index (χ2v) is 7.87. The number of hydrogen-bond acceptors (Lipinski definition) is 1. The summed E-state index contributed by atoms with van der Waals surface area (Å²) in [6.45, 7) is 8.49. The van der Waals surface area contributed by atoms with Crippen molar-refractivity contribution in [3.8, 4) is 0 Å². The molecule has 29 heavy (non-hydrogen) atoms. The molecular formula is C25H31N3O. The number of rotatable bonds is 8. The maximum absolute atomic E-state index is 13.0. The van der Waals surface area contributed by atoms with Crippen molar-refractivity contribution < 1.29 is 4.79 Å². The Kier molecular flexibility index (Phi) is 7.12. The normalized spacial score (nSPS) is 10.9. The number of carbonyl (C=O) groups is 1. The summed E-state index contributed by atoms with van der Waals surface area (Å²) in [7, 11) is 0. The average molecular weight is 390 g/mol. The van der Waals surface area contributed by atoms with E-state index >= 15 is 0 Å². The summed E-state index contributed by atoms with van der Waals surface area (Å²) in [4.78, 5) is 14.9. The van der Waals surface area contributed by atoms with Gasteiger partial charge in [-0.1, -0.05) is 63.2 Å². The lowest BCUT2D eigenvalue weighted by Crippen LogP contribution is -2.37. The van der Waals surface area contributed by atoms with Crippen molar-refractivity contribution in [2.24, 2.45) is 5.92 Å². The monoisotopic (exact) mass is 389 g/mol. The summed E-state index contributed by atoms with van der Waals surface area (Å²) in [6, 6.07) is 22.6. The third-order valence-electron chi connectivity index (χ3n) is 4.96. The number of carbonyl (C=O) groups excluding carboxylic acids is 1. The van der Waals surface area contributed by atoms with Crippen molar-refractivity contribution in [2.75, 3.05) is 11.9 Å². The van der Waals surface area contributed by atoms with Crippen molar-refractivity contribution in [1.29, 1.82) is 0 Å². The van der Waals surface area contributed by atoms with Crippen molar-refractivity contribution in [3.05, 3.63) is 89.7 Å². The fourth-order valence-corrected chi connectivity index (χ4v) is 3.41. The Morgan fingerprint density at radius 3 is 2.34 bits per heavy atom. The molecule has 1 aromatic heterocycles. The van der Waals surface area contributed by atoms with Gasteiger partial charge in [-0.3, -0.25) is 0 Å². The Morgan fingerprint density at radius 1 is 0.966 bits per heavy atom. The Hall–Kier alpha value is -3.01. The van der Waals surface area contributed by atoms with Crippen LogP contribution in [0.1, 0.15) is 37.6 Å². The zero-order valence-corrected chi connectivity index (χ0v) is 17.6. The van der Waals surface area contributed by atoms with Crippen LogP contribution in [0.3, 0.4) is 0 Å². The minimum atomic E-state index is -0.0598. The molecule has 0 bridgehead atoms. The van der Waals surface area contributed by atoms with Crippen LogP contribution in [-0.2, 0) is 19.5 Å². The first-order valence-corrected chi connectivity index (χ1v) is 10.4. The second-order valence-electron chi connectivity index (χ2n) is 7.87. The van der Waals surface area contributed by atoms with E-state index in [1.807, 2.05) is 29.2 Å². The molecule has 1 heterocycles. The number of anilines is 1. The van der Waals surface area contributed by atoms with Crippen LogP contribution in [0.4, 0.5) is 10.5 Å². The van der Waals surface area contributed by atoms with Gasteiger partial charge in [0, 0.05) is 30.7 Å². The van der Waals surface area contributed by atoms with Crippen LogP contribution in [0.2, 0.25) is 0 Å². The maximum Gasteiger partial charge on any atom is 0.322 e. The van der Waals surface area contributed by atoms with E-state index in [1.165, 1.54) is 11.1 Å². The topological polar surface area (TPSA) is 37.3 Å². The van der Waals surface area contributed by atoms with Gasteiger partial charge in [0.05, 0.1) is 6.54 Å². The van der Waals surface area contributed by atoms with Gasteiger partial charge in [0.1, 0.15) is 0 Å². The van der Waals surface area contributed by atoms with E-state index in [2.05, 4.69) is 79.3 Å². The van der Waals surface area contributed by atoms with Gasteiger partial charge in [0.25, 0.3) is 0 Å². The predicted octanol–water partition coefficient (Wildman–Crippen LogP) is 5.79. The molecule has 0 aliphatic rings. The first kappa shape index (κ1) is 20.7. The number of hydrogen-bond donors (Lipinski definition) is 1. The van der Waals surface area contributed by atoms with E-state index in [-0.39, 0.29) is 6.03 Å². The van der Waals surface area contributed by atoms with Gasteiger partial charge in [-0.15, -0.1) is 0 Å². The van der Waals surface area contributed by atoms with E-state index in [4.69, 9.17) is 0 Å². The van der Waals surface area contributed by atoms with Gasteiger partial charge < -0.3 is 14.8 Å². The van der Waals surface area contributed by atoms with Crippen LogP contribution in [-0.4, -0.2) is 22.0 Å². The molecule has 0 fully saturated rings. The average Bonchev–Trinajstić information content (AvgIpc) is 3.15. The number of nitrogens with one attached hydrogen (secondary N) is 1. The summed E-state index contributed by atoms with van der Waals surface area (Å²) in [6.07, 6.45) is 3.07. The second kappa shape index (κ2) is 9.97. The van der Waals surface area contributed by atoms with E-state index in [0.717, 1.165) is 24.3 Å². The number of urea groups is 1. The molecule has 0 spiro atoms. The van der Waals surface area contributed by atoms with Crippen molar-refractivity contribution >= 4 is 11.7 Å². The minimum Gasteiger partial charge on any atom is -0.345 e. The third kappa shape index (κ3) is 5.98. The Bertz CT molecular complexity index is 897. The lowest BCUT2D eigenvalue weighted by molar-refractivity contribution is 0.200. The van der Waals surface area contributed by atoms with E-state index in [0.29, 0.717) is 19.0 Å². The Labute approximate surface area is 174 Å². The van der Waals surface area contributed by atoms with Gasteiger partial charge in [-0.2, -0.15) is 0 Å². The molecule has 2 aromatic carbocycles. The summed E-state index contributed by atoms with van der Waals surface area (Å²) in [5.74, 6) is 0.390. The number of aromatic nitrogens is 1. The van der Waals surface area contributed by atoms with Crippen LogP contribution in [0, 0.1) is 5.92 Å². The lowest BCUT2D eigenvalue weighted by atomic mass is 10.1. The summed E-state index contributed by atoms with van der Waals surface area (Å²) < 4.78 is 2.21.